The molecule has 0 saturated carbocycles. The molecule has 0 amide bonds. The smallest absolute Gasteiger partial charge is 0.133 e. The summed E-state index contributed by atoms with van der Waals surface area (Å²) in [7, 11) is 0. The van der Waals surface area contributed by atoms with Crippen molar-refractivity contribution in [2.24, 2.45) is 0 Å². The van der Waals surface area contributed by atoms with Crippen LogP contribution in [-0.2, 0) is 0 Å². The first-order chi connectivity index (χ1) is 7.86. The van der Waals surface area contributed by atoms with Crippen LogP contribution < -0.4 is 10.1 Å². The minimum Gasteiger partial charge on any atom is -0.492 e. The third-order valence-electron chi connectivity index (χ3n) is 2.68. The van der Waals surface area contributed by atoms with E-state index in [0.29, 0.717) is 0 Å². The fraction of sp³-hybridized carbons (Fsp3) is 0.385. The highest BCUT2D eigenvalue weighted by Gasteiger charge is 2.04. The molecule has 1 aliphatic heterocycles. The van der Waals surface area contributed by atoms with Gasteiger partial charge in [-0.2, -0.15) is 0 Å². The predicted molar refractivity (Wildman–Crippen MR) is 69.8 cm³/mol. The van der Waals surface area contributed by atoms with Crippen molar-refractivity contribution in [2.75, 3.05) is 19.7 Å². The predicted octanol–water partition coefficient (Wildman–Crippen LogP) is 3.14. The Labute approximate surface area is 105 Å². The average Bonchev–Trinajstić information content (AvgIpc) is 2.33. The number of halogens is 1. The van der Waals surface area contributed by atoms with E-state index in [9.17, 15) is 0 Å². The Bertz CT molecular complexity index is 376. The number of benzene rings is 1. The van der Waals surface area contributed by atoms with E-state index in [0.717, 1.165) is 42.8 Å². The summed E-state index contributed by atoms with van der Waals surface area (Å²) >= 11 is 3.47. The van der Waals surface area contributed by atoms with Gasteiger partial charge in [-0.15, -0.1) is 0 Å². The van der Waals surface area contributed by atoms with E-state index in [2.05, 4.69) is 27.3 Å². The molecule has 0 saturated heterocycles. The molecule has 0 spiro atoms. The first-order valence-corrected chi connectivity index (χ1v) is 6.41. The van der Waals surface area contributed by atoms with Crippen molar-refractivity contribution in [1.82, 2.24) is 5.32 Å². The molecule has 0 unspecified atom stereocenters. The highest BCUT2D eigenvalue weighted by atomic mass is 79.9. The second kappa shape index (κ2) is 6.06. The molecule has 2 nitrogen and oxygen atoms in total. The van der Waals surface area contributed by atoms with Crippen LogP contribution in [0.4, 0.5) is 0 Å². The molecule has 3 heteroatoms. The topological polar surface area (TPSA) is 21.3 Å². The van der Waals surface area contributed by atoms with Gasteiger partial charge >= 0.3 is 0 Å². The van der Waals surface area contributed by atoms with Crippen LogP contribution in [0.5, 0.6) is 5.75 Å². The molecule has 0 aromatic heterocycles. The number of para-hydroxylation sites is 1. The Kier molecular flexibility index (Phi) is 4.43. The molecule has 2 rings (SSSR count). The first-order valence-electron chi connectivity index (χ1n) is 5.62. The number of nitrogens with one attached hydrogen (secondary N) is 1. The Morgan fingerprint density at radius 3 is 2.94 bits per heavy atom. The zero-order valence-electron chi connectivity index (χ0n) is 9.21. The Morgan fingerprint density at radius 1 is 1.31 bits per heavy atom. The molecular weight excluding hydrogens is 266 g/mol. The summed E-state index contributed by atoms with van der Waals surface area (Å²) in [6.45, 7) is 2.86. The minimum atomic E-state index is 0.758. The van der Waals surface area contributed by atoms with Gasteiger partial charge in [-0.25, -0.2) is 0 Å². The minimum absolute atomic E-state index is 0.758. The summed E-state index contributed by atoms with van der Waals surface area (Å²) < 4.78 is 6.75. The van der Waals surface area contributed by atoms with Crippen LogP contribution in [0.1, 0.15) is 12.8 Å². The van der Waals surface area contributed by atoms with Crippen molar-refractivity contribution >= 4 is 15.9 Å². The number of hydrogen-bond donors (Lipinski definition) is 1. The van der Waals surface area contributed by atoms with Crippen molar-refractivity contribution in [3.63, 3.8) is 0 Å². The lowest BCUT2D eigenvalue weighted by Crippen LogP contribution is -2.21. The van der Waals surface area contributed by atoms with E-state index >= 15 is 0 Å². The normalized spacial score (nSPS) is 15.7. The quantitative estimate of drug-likeness (QED) is 0.857. The van der Waals surface area contributed by atoms with Gasteiger partial charge in [0.05, 0.1) is 11.1 Å². The summed E-state index contributed by atoms with van der Waals surface area (Å²) in [5.74, 6) is 0.928. The van der Waals surface area contributed by atoms with Crippen molar-refractivity contribution in [3.8, 4) is 5.75 Å². The lowest BCUT2D eigenvalue weighted by atomic mass is 10.1. The Balaban J connectivity index is 1.80. The molecule has 86 valence electrons. The van der Waals surface area contributed by atoms with Crippen LogP contribution in [0.2, 0.25) is 0 Å². The average molecular weight is 282 g/mol. The molecule has 16 heavy (non-hydrogen) atoms. The summed E-state index contributed by atoms with van der Waals surface area (Å²) in [5.41, 5.74) is 1.51. The van der Waals surface area contributed by atoms with Gasteiger partial charge in [-0.05, 0) is 41.0 Å². The van der Waals surface area contributed by atoms with Crippen LogP contribution in [0.25, 0.3) is 0 Å². The lowest BCUT2D eigenvalue weighted by molar-refractivity contribution is 0.317. The van der Waals surface area contributed by atoms with E-state index in [1.54, 1.807) is 0 Å². The van der Waals surface area contributed by atoms with E-state index in [1.165, 1.54) is 5.57 Å². The first kappa shape index (κ1) is 11.7. The third-order valence-corrected chi connectivity index (χ3v) is 3.33. The molecule has 0 aliphatic carbocycles. The SMILES string of the molecule is Brc1ccccc1OCCC1=CCNCC1. The maximum absolute atomic E-state index is 5.73. The van der Waals surface area contributed by atoms with Crippen molar-refractivity contribution in [2.45, 2.75) is 12.8 Å². The number of rotatable bonds is 4. The van der Waals surface area contributed by atoms with E-state index in [4.69, 9.17) is 4.74 Å². The zero-order chi connectivity index (χ0) is 11.2. The summed E-state index contributed by atoms with van der Waals surface area (Å²) in [5, 5.41) is 3.31. The third kappa shape index (κ3) is 3.35. The van der Waals surface area contributed by atoms with Crippen LogP contribution in [0.15, 0.2) is 40.4 Å². The van der Waals surface area contributed by atoms with Gasteiger partial charge in [-0.3, -0.25) is 0 Å². The summed E-state index contributed by atoms with van der Waals surface area (Å²) in [6, 6.07) is 7.97. The second-order valence-corrected chi connectivity index (χ2v) is 4.70. The number of ether oxygens (including phenoxy) is 1. The molecule has 0 fully saturated rings. The van der Waals surface area contributed by atoms with Crippen molar-refractivity contribution in [1.29, 1.82) is 0 Å². The summed E-state index contributed by atoms with van der Waals surface area (Å²) in [4.78, 5) is 0. The van der Waals surface area contributed by atoms with Crippen LogP contribution in [0.3, 0.4) is 0 Å². The second-order valence-electron chi connectivity index (χ2n) is 3.85. The molecule has 1 N–H and O–H groups in total. The standard InChI is InChI=1S/C13H16BrNO/c14-12-3-1-2-4-13(12)16-10-7-11-5-8-15-9-6-11/h1-5,15H,6-10H2. The van der Waals surface area contributed by atoms with Crippen LogP contribution >= 0.6 is 15.9 Å². The number of hydrogen-bond acceptors (Lipinski definition) is 2. The van der Waals surface area contributed by atoms with Crippen molar-refractivity contribution < 1.29 is 4.74 Å². The Morgan fingerprint density at radius 2 is 2.19 bits per heavy atom. The van der Waals surface area contributed by atoms with Gasteiger partial charge in [0.2, 0.25) is 0 Å². The van der Waals surface area contributed by atoms with Crippen LogP contribution in [-0.4, -0.2) is 19.7 Å². The molecule has 1 aromatic carbocycles. The lowest BCUT2D eigenvalue weighted by Gasteiger charge is -2.14. The van der Waals surface area contributed by atoms with E-state index in [1.807, 2.05) is 24.3 Å². The largest absolute Gasteiger partial charge is 0.492 e. The fourth-order valence-electron chi connectivity index (χ4n) is 1.75. The van der Waals surface area contributed by atoms with Gasteiger partial charge in [0.1, 0.15) is 5.75 Å². The maximum atomic E-state index is 5.73. The fourth-order valence-corrected chi connectivity index (χ4v) is 2.15. The molecule has 1 aromatic rings. The zero-order valence-corrected chi connectivity index (χ0v) is 10.8. The van der Waals surface area contributed by atoms with Gasteiger partial charge in [-0.1, -0.05) is 23.8 Å². The molecule has 0 atom stereocenters. The van der Waals surface area contributed by atoms with E-state index in [-0.39, 0.29) is 0 Å². The highest BCUT2D eigenvalue weighted by molar-refractivity contribution is 9.10. The molecular formula is C13H16BrNO. The molecule has 1 heterocycles. The molecule has 1 aliphatic rings. The monoisotopic (exact) mass is 281 g/mol. The maximum Gasteiger partial charge on any atom is 0.133 e. The van der Waals surface area contributed by atoms with Gasteiger partial charge < -0.3 is 10.1 Å². The molecule has 0 bridgehead atoms. The van der Waals surface area contributed by atoms with Gasteiger partial charge in [0.15, 0.2) is 0 Å². The molecule has 0 radical (unpaired) electrons. The summed E-state index contributed by atoms with van der Waals surface area (Å²) in [6.07, 6.45) is 4.45. The van der Waals surface area contributed by atoms with E-state index < -0.39 is 0 Å². The van der Waals surface area contributed by atoms with Crippen LogP contribution in [0, 0.1) is 0 Å². The van der Waals surface area contributed by atoms with Crippen molar-refractivity contribution in [3.05, 3.63) is 40.4 Å². The van der Waals surface area contributed by atoms with Gasteiger partial charge in [0.25, 0.3) is 0 Å². The van der Waals surface area contributed by atoms with Gasteiger partial charge in [0, 0.05) is 13.0 Å². The highest BCUT2D eigenvalue weighted by Crippen LogP contribution is 2.24. The Hall–Kier alpha value is -0.800.